The normalized spacial score (nSPS) is 13.4. The highest BCUT2D eigenvalue weighted by Gasteiger charge is 2.19. The molecule has 0 bridgehead atoms. The van der Waals surface area contributed by atoms with Gasteiger partial charge < -0.3 is 14.2 Å². The first-order valence-electron chi connectivity index (χ1n) is 27.0. The topological polar surface area (TPSA) is 78.9 Å². The fourth-order valence-corrected chi connectivity index (χ4v) is 6.56. The number of carbonyl (C=O) groups is 3. The highest BCUT2D eigenvalue weighted by atomic mass is 16.6. The van der Waals surface area contributed by atoms with E-state index >= 15 is 0 Å². The molecular weight excluding hydrogens is 853 g/mol. The molecule has 0 rings (SSSR count). The van der Waals surface area contributed by atoms with E-state index in [1.807, 2.05) is 12.2 Å². The summed E-state index contributed by atoms with van der Waals surface area (Å²) in [6.45, 7) is 6.21. The molecule has 0 aromatic rings. The largest absolute Gasteiger partial charge is 0.462 e. The molecule has 0 aromatic carbocycles. The van der Waals surface area contributed by atoms with Crippen LogP contribution in [0.1, 0.15) is 201 Å². The van der Waals surface area contributed by atoms with Gasteiger partial charge in [0.25, 0.3) is 0 Å². The van der Waals surface area contributed by atoms with E-state index in [1.165, 1.54) is 0 Å². The number of unbranched alkanes of at least 4 members (excludes halogenated alkanes) is 9. The van der Waals surface area contributed by atoms with Crippen molar-refractivity contribution in [2.75, 3.05) is 13.2 Å². The van der Waals surface area contributed by atoms with E-state index in [9.17, 15) is 14.4 Å². The molecule has 69 heavy (non-hydrogen) atoms. The maximum atomic E-state index is 12.7. The van der Waals surface area contributed by atoms with Gasteiger partial charge in [-0.2, -0.15) is 0 Å². The molecule has 0 fully saturated rings. The Morgan fingerprint density at radius 3 is 0.942 bits per heavy atom. The highest BCUT2D eigenvalue weighted by Crippen LogP contribution is 2.11. The molecule has 384 valence electrons. The first kappa shape index (κ1) is 64.0. The van der Waals surface area contributed by atoms with Crippen LogP contribution in [0.15, 0.2) is 158 Å². The van der Waals surface area contributed by atoms with Crippen LogP contribution in [0.5, 0.6) is 0 Å². The third-order valence-corrected chi connectivity index (χ3v) is 10.5. The van der Waals surface area contributed by atoms with Crippen LogP contribution in [0.25, 0.3) is 0 Å². The molecule has 0 saturated heterocycles. The van der Waals surface area contributed by atoms with E-state index in [4.69, 9.17) is 14.2 Å². The van der Waals surface area contributed by atoms with Crippen molar-refractivity contribution in [3.8, 4) is 0 Å². The minimum atomic E-state index is -0.830. The van der Waals surface area contributed by atoms with Crippen LogP contribution in [-0.2, 0) is 28.6 Å². The van der Waals surface area contributed by atoms with Gasteiger partial charge in [-0.3, -0.25) is 14.4 Å². The highest BCUT2D eigenvalue weighted by molar-refractivity contribution is 5.71. The molecule has 6 heteroatoms. The van der Waals surface area contributed by atoms with Crippen LogP contribution < -0.4 is 0 Å². The van der Waals surface area contributed by atoms with Gasteiger partial charge in [-0.15, -0.1) is 0 Å². The summed E-state index contributed by atoms with van der Waals surface area (Å²) in [6, 6.07) is 0. The third-order valence-electron chi connectivity index (χ3n) is 10.5. The van der Waals surface area contributed by atoms with E-state index in [-0.39, 0.29) is 31.6 Å². The number of ether oxygens (including phenoxy) is 3. The Morgan fingerprint density at radius 1 is 0.304 bits per heavy atom. The van der Waals surface area contributed by atoms with Crippen molar-refractivity contribution in [3.63, 3.8) is 0 Å². The average molecular weight is 949 g/mol. The maximum Gasteiger partial charge on any atom is 0.306 e. The molecule has 0 heterocycles. The Balaban J connectivity index is 4.31. The van der Waals surface area contributed by atoms with Crippen LogP contribution in [-0.4, -0.2) is 37.2 Å². The number of carbonyl (C=O) groups excluding carboxylic acids is 3. The Labute approximate surface area is 422 Å². The quantitative estimate of drug-likeness (QED) is 0.0262. The van der Waals surface area contributed by atoms with Gasteiger partial charge in [0, 0.05) is 19.3 Å². The van der Waals surface area contributed by atoms with Gasteiger partial charge >= 0.3 is 17.9 Å². The molecule has 0 aliphatic rings. The van der Waals surface area contributed by atoms with Crippen molar-refractivity contribution < 1.29 is 28.6 Å². The summed E-state index contributed by atoms with van der Waals surface area (Å²) in [7, 11) is 0. The van der Waals surface area contributed by atoms with Crippen molar-refractivity contribution in [2.24, 2.45) is 0 Å². The molecule has 0 radical (unpaired) electrons. The van der Waals surface area contributed by atoms with E-state index in [0.717, 1.165) is 154 Å². The predicted octanol–water partition coefficient (Wildman–Crippen LogP) is 18.2. The lowest BCUT2D eigenvalue weighted by molar-refractivity contribution is -0.166. The van der Waals surface area contributed by atoms with Crippen LogP contribution in [0.2, 0.25) is 0 Å². The van der Waals surface area contributed by atoms with Gasteiger partial charge in [0.2, 0.25) is 0 Å². The molecule has 0 spiro atoms. The van der Waals surface area contributed by atoms with Crippen molar-refractivity contribution in [1.82, 2.24) is 0 Å². The van der Waals surface area contributed by atoms with E-state index in [1.54, 1.807) is 0 Å². The van der Waals surface area contributed by atoms with Gasteiger partial charge in [-0.05, 0) is 116 Å². The SMILES string of the molecule is CC/C=C\C/C=C\C/C=C\C/C=C\C/C=C\C/C=C\C/C=C\CCCCCCCC(=O)OCC(COC(=O)CCCCCCC)OC(=O)CC/C=C\C/C=C\C/C=C\C/C=C\C/C=C\C/C=C\CC. The zero-order valence-electron chi connectivity index (χ0n) is 43.8. The van der Waals surface area contributed by atoms with E-state index < -0.39 is 12.1 Å². The molecule has 0 aromatic heterocycles. The van der Waals surface area contributed by atoms with Gasteiger partial charge in [0.1, 0.15) is 13.2 Å². The molecule has 1 unspecified atom stereocenters. The second kappa shape index (κ2) is 55.6. The van der Waals surface area contributed by atoms with Crippen LogP contribution in [0, 0.1) is 0 Å². The second-order valence-corrected chi connectivity index (χ2v) is 17.0. The summed E-state index contributed by atoms with van der Waals surface area (Å²) in [4.78, 5) is 37.7. The monoisotopic (exact) mass is 949 g/mol. The van der Waals surface area contributed by atoms with Crippen molar-refractivity contribution >= 4 is 17.9 Å². The number of esters is 3. The summed E-state index contributed by atoms with van der Waals surface area (Å²) in [5.41, 5.74) is 0. The Kier molecular flexibility index (Phi) is 51.6. The third kappa shape index (κ3) is 53.8. The average Bonchev–Trinajstić information content (AvgIpc) is 3.35. The van der Waals surface area contributed by atoms with Gasteiger partial charge in [0.05, 0.1) is 0 Å². The standard InChI is InChI=1S/C63H96O6/c1-4-7-10-13-15-17-19-21-23-25-27-28-29-30-31-32-33-34-36-37-39-41-43-45-47-50-53-56-62(65)68-59-60(58-67-61(64)55-52-49-12-9-6-3)69-63(66)57-54-51-48-46-44-42-40-38-35-26-24-22-20-18-16-14-11-8-5-2/h7-8,10-11,15-18,21-24,27-28,30-31,33-35,37-39,42,44,48,51,60H,4-6,9,12-14,19-20,25-26,29,32,36,40-41,43,45-47,49-50,52-59H2,1-3H3/b10-7-,11-8-,17-15-,18-16-,23-21-,24-22-,28-27-,31-30-,34-33-,38-35-,39-37-,44-42-,51-48-. The molecule has 0 aliphatic carbocycles. The summed E-state index contributed by atoms with van der Waals surface area (Å²) < 4.78 is 16.6. The Bertz CT molecular complexity index is 1610. The lowest BCUT2D eigenvalue weighted by atomic mass is 10.1. The fourth-order valence-electron chi connectivity index (χ4n) is 6.56. The smallest absolute Gasteiger partial charge is 0.306 e. The van der Waals surface area contributed by atoms with Gasteiger partial charge in [-0.1, -0.05) is 224 Å². The van der Waals surface area contributed by atoms with Crippen LogP contribution in [0.3, 0.4) is 0 Å². The zero-order chi connectivity index (χ0) is 50.0. The zero-order valence-corrected chi connectivity index (χ0v) is 43.8. The van der Waals surface area contributed by atoms with Crippen LogP contribution in [0.4, 0.5) is 0 Å². The predicted molar refractivity (Wildman–Crippen MR) is 297 cm³/mol. The molecule has 0 amide bonds. The van der Waals surface area contributed by atoms with Gasteiger partial charge in [-0.25, -0.2) is 0 Å². The molecule has 0 N–H and O–H groups in total. The molecule has 0 saturated carbocycles. The molecule has 6 nitrogen and oxygen atoms in total. The second-order valence-electron chi connectivity index (χ2n) is 17.0. The molecule has 1 atom stereocenters. The first-order chi connectivity index (χ1) is 34.0. The summed E-state index contributed by atoms with van der Waals surface area (Å²) >= 11 is 0. The maximum absolute atomic E-state index is 12.7. The van der Waals surface area contributed by atoms with Crippen molar-refractivity contribution in [1.29, 1.82) is 0 Å². The molecule has 0 aliphatic heterocycles. The van der Waals surface area contributed by atoms with Crippen molar-refractivity contribution in [3.05, 3.63) is 158 Å². The lowest BCUT2D eigenvalue weighted by Crippen LogP contribution is -2.30. The summed E-state index contributed by atoms with van der Waals surface area (Å²) in [6.07, 6.45) is 81.4. The lowest BCUT2D eigenvalue weighted by Gasteiger charge is -2.18. The number of rotatable bonds is 46. The van der Waals surface area contributed by atoms with Gasteiger partial charge in [0.15, 0.2) is 6.10 Å². The number of allylic oxidation sites excluding steroid dienone is 26. The Morgan fingerprint density at radius 2 is 0.594 bits per heavy atom. The molecular formula is C63H96O6. The Hall–Kier alpha value is -4.97. The summed E-state index contributed by atoms with van der Waals surface area (Å²) in [5, 5.41) is 0. The summed E-state index contributed by atoms with van der Waals surface area (Å²) in [5.74, 6) is -1.06. The van der Waals surface area contributed by atoms with Crippen LogP contribution >= 0.6 is 0 Å². The minimum Gasteiger partial charge on any atom is -0.462 e. The van der Waals surface area contributed by atoms with Crippen molar-refractivity contribution in [2.45, 2.75) is 207 Å². The van der Waals surface area contributed by atoms with E-state index in [0.29, 0.717) is 19.3 Å². The first-order valence-corrected chi connectivity index (χ1v) is 27.0. The van der Waals surface area contributed by atoms with E-state index in [2.05, 4.69) is 167 Å². The number of hydrogen-bond acceptors (Lipinski definition) is 6. The minimum absolute atomic E-state index is 0.122. The number of hydrogen-bond donors (Lipinski definition) is 0. The fraction of sp³-hybridized carbons (Fsp3) is 0.540.